The van der Waals surface area contributed by atoms with E-state index in [1.807, 2.05) is 64.4 Å². The number of allylic oxidation sites excluding steroid dienone is 2. The second-order valence-electron chi connectivity index (χ2n) is 10.9. The SMILES string of the molecule is C=CC.C=CC(C)c1cnc(CN(Cc2cccc(CNC(=O)c3c(C)cncc3Cl)c2)C2CCCc3cccnc32)[nH]1.CC. The van der Waals surface area contributed by atoms with Crippen LogP contribution in [0.2, 0.25) is 5.02 Å². The van der Waals surface area contributed by atoms with Gasteiger partial charge in [0.15, 0.2) is 0 Å². The molecule has 1 aliphatic rings. The van der Waals surface area contributed by atoms with Crippen molar-refractivity contribution < 1.29 is 4.79 Å². The first-order valence-corrected chi connectivity index (χ1v) is 16.1. The molecule has 45 heavy (non-hydrogen) atoms. The molecule has 3 aromatic heterocycles. The average Bonchev–Trinajstić information content (AvgIpc) is 3.53. The van der Waals surface area contributed by atoms with Gasteiger partial charge in [0.25, 0.3) is 5.91 Å². The van der Waals surface area contributed by atoms with Gasteiger partial charge in [-0.1, -0.05) is 74.9 Å². The Hall–Kier alpha value is -4.07. The Balaban J connectivity index is 0.00000104. The summed E-state index contributed by atoms with van der Waals surface area (Å²) in [6.07, 6.45) is 13.8. The summed E-state index contributed by atoms with van der Waals surface area (Å²) in [4.78, 5) is 32.4. The first-order valence-electron chi connectivity index (χ1n) is 15.7. The number of carbonyl (C=O) groups is 1. The summed E-state index contributed by atoms with van der Waals surface area (Å²) in [6.45, 7) is 18.9. The number of amides is 1. The topological polar surface area (TPSA) is 86.8 Å². The van der Waals surface area contributed by atoms with Crippen LogP contribution in [0, 0.1) is 6.92 Å². The lowest BCUT2D eigenvalue weighted by molar-refractivity contribution is 0.0950. The largest absolute Gasteiger partial charge is 0.348 e. The van der Waals surface area contributed by atoms with Crippen LogP contribution in [0.4, 0.5) is 0 Å². The molecule has 2 atom stereocenters. The first-order chi connectivity index (χ1) is 21.8. The molecule has 1 amide bonds. The van der Waals surface area contributed by atoms with Gasteiger partial charge in [-0.2, -0.15) is 0 Å². The molecule has 0 saturated heterocycles. The van der Waals surface area contributed by atoms with Crippen LogP contribution in [0.5, 0.6) is 0 Å². The Bertz CT molecular complexity index is 1530. The Morgan fingerprint density at radius 1 is 1.13 bits per heavy atom. The van der Waals surface area contributed by atoms with Gasteiger partial charge in [0, 0.05) is 49.5 Å². The minimum Gasteiger partial charge on any atom is -0.348 e. The number of pyridine rings is 2. The van der Waals surface area contributed by atoms with Crippen molar-refractivity contribution in [3.8, 4) is 0 Å². The standard InChI is InChI=1S/C32H35ClN6O.C3H6.C2H6/c1-4-21(2)27-18-36-29(38-27)20-39(28-12-6-10-25-11-7-13-35-31(25)28)19-24-9-5-8-23(14-24)16-37-32(40)30-22(3)15-34-17-26(30)33;1-3-2;1-2/h4-5,7-9,11,13-15,17-18,21,28H,1,6,10,12,16,19-20H2,2-3H3,(H,36,38)(H,37,40);3H,1H2,2H3;1-2H3. The highest BCUT2D eigenvalue weighted by molar-refractivity contribution is 6.33. The summed E-state index contributed by atoms with van der Waals surface area (Å²) in [5, 5.41) is 3.37. The van der Waals surface area contributed by atoms with E-state index in [0.717, 1.165) is 54.1 Å². The molecule has 2 unspecified atom stereocenters. The summed E-state index contributed by atoms with van der Waals surface area (Å²) in [7, 11) is 0. The number of aryl methyl sites for hydroxylation is 2. The number of nitrogens with zero attached hydrogens (tertiary/aromatic N) is 4. The maximum Gasteiger partial charge on any atom is 0.253 e. The van der Waals surface area contributed by atoms with E-state index in [1.165, 1.54) is 17.3 Å². The molecule has 7 nitrogen and oxygen atoms in total. The summed E-state index contributed by atoms with van der Waals surface area (Å²) < 4.78 is 0. The highest BCUT2D eigenvalue weighted by atomic mass is 35.5. The van der Waals surface area contributed by atoms with E-state index in [-0.39, 0.29) is 17.9 Å². The number of carbonyl (C=O) groups excluding carboxylic acids is 1. The fourth-order valence-electron chi connectivity index (χ4n) is 5.39. The van der Waals surface area contributed by atoms with E-state index in [0.29, 0.717) is 23.7 Å². The van der Waals surface area contributed by atoms with E-state index in [1.54, 1.807) is 12.3 Å². The van der Waals surface area contributed by atoms with Crippen molar-refractivity contribution in [3.63, 3.8) is 0 Å². The van der Waals surface area contributed by atoms with Crippen LogP contribution < -0.4 is 5.32 Å². The van der Waals surface area contributed by atoms with Crippen molar-refractivity contribution in [2.24, 2.45) is 0 Å². The normalized spacial score (nSPS) is 14.2. The molecule has 4 aromatic rings. The van der Waals surface area contributed by atoms with Gasteiger partial charge in [-0.15, -0.1) is 13.2 Å². The minimum absolute atomic E-state index is 0.190. The third kappa shape index (κ3) is 9.71. The lowest BCUT2D eigenvalue weighted by atomic mass is 9.90. The summed E-state index contributed by atoms with van der Waals surface area (Å²) >= 11 is 6.25. The van der Waals surface area contributed by atoms with Crippen molar-refractivity contribution >= 4 is 17.5 Å². The van der Waals surface area contributed by atoms with Crippen LogP contribution in [0.3, 0.4) is 0 Å². The van der Waals surface area contributed by atoms with Gasteiger partial charge >= 0.3 is 0 Å². The molecule has 0 radical (unpaired) electrons. The number of hydrogen-bond acceptors (Lipinski definition) is 5. The molecule has 0 bridgehead atoms. The van der Waals surface area contributed by atoms with Crippen LogP contribution in [-0.2, 0) is 26.1 Å². The molecule has 8 heteroatoms. The van der Waals surface area contributed by atoms with Crippen molar-refractivity contribution in [3.05, 3.63) is 137 Å². The second-order valence-corrected chi connectivity index (χ2v) is 11.3. The molecule has 1 aliphatic carbocycles. The predicted octanol–water partition coefficient (Wildman–Crippen LogP) is 8.68. The Labute approximate surface area is 273 Å². The number of fused-ring (bicyclic) bond motifs is 1. The Morgan fingerprint density at radius 2 is 1.89 bits per heavy atom. The van der Waals surface area contributed by atoms with Gasteiger partial charge in [-0.3, -0.25) is 19.7 Å². The van der Waals surface area contributed by atoms with Gasteiger partial charge in [0.2, 0.25) is 0 Å². The zero-order valence-corrected chi connectivity index (χ0v) is 28.1. The molecule has 2 N–H and O–H groups in total. The highest BCUT2D eigenvalue weighted by Crippen LogP contribution is 2.34. The van der Waals surface area contributed by atoms with Gasteiger partial charge in [0.05, 0.1) is 28.9 Å². The van der Waals surface area contributed by atoms with Crippen LogP contribution in [0.1, 0.15) is 102 Å². The van der Waals surface area contributed by atoms with Crippen molar-refractivity contribution in [1.29, 1.82) is 0 Å². The Morgan fingerprint density at radius 3 is 2.62 bits per heavy atom. The van der Waals surface area contributed by atoms with E-state index in [4.69, 9.17) is 21.6 Å². The van der Waals surface area contributed by atoms with Crippen LogP contribution in [0.25, 0.3) is 0 Å². The highest BCUT2D eigenvalue weighted by Gasteiger charge is 2.28. The maximum atomic E-state index is 12.9. The van der Waals surface area contributed by atoms with Gasteiger partial charge in [-0.25, -0.2) is 4.98 Å². The van der Waals surface area contributed by atoms with Crippen LogP contribution in [0.15, 0.2) is 86.5 Å². The molecular weight excluding hydrogens is 580 g/mol. The number of nitrogens with one attached hydrogen (secondary N) is 2. The second kappa shape index (κ2) is 18.0. The number of rotatable bonds is 10. The summed E-state index contributed by atoms with van der Waals surface area (Å²) in [6, 6.07) is 12.8. The van der Waals surface area contributed by atoms with Gasteiger partial charge in [-0.05, 0) is 61.4 Å². The number of halogens is 1. The van der Waals surface area contributed by atoms with E-state index >= 15 is 0 Å². The van der Waals surface area contributed by atoms with Crippen molar-refractivity contribution in [1.82, 2.24) is 30.2 Å². The smallest absolute Gasteiger partial charge is 0.253 e. The third-order valence-electron chi connectivity index (χ3n) is 7.60. The lowest BCUT2D eigenvalue weighted by Gasteiger charge is -2.34. The number of H-pyrrole nitrogens is 1. The third-order valence-corrected chi connectivity index (χ3v) is 7.88. The quantitative estimate of drug-likeness (QED) is 0.172. The predicted molar refractivity (Wildman–Crippen MR) is 185 cm³/mol. The Kier molecular flexibility index (Phi) is 14.2. The molecular formula is C37H47ClN6O. The van der Waals surface area contributed by atoms with E-state index < -0.39 is 0 Å². The first kappa shape index (κ1) is 35.4. The molecule has 5 rings (SSSR count). The number of imidazole rings is 1. The average molecular weight is 627 g/mol. The van der Waals surface area contributed by atoms with Crippen molar-refractivity contribution in [2.75, 3.05) is 0 Å². The fraction of sp³-hybridized carbons (Fsp3) is 0.351. The zero-order valence-electron chi connectivity index (χ0n) is 27.3. The monoisotopic (exact) mass is 626 g/mol. The maximum absolute atomic E-state index is 12.9. The minimum atomic E-state index is -0.204. The van der Waals surface area contributed by atoms with Gasteiger partial charge in [0.1, 0.15) is 5.82 Å². The molecule has 0 spiro atoms. The zero-order chi connectivity index (χ0) is 32.8. The summed E-state index contributed by atoms with van der Waals surface area (Å²) in [5.41, 5.74) is 6.95. The molecule has 0 saturated carbocycles. The van der Waals surface area contributed by atoms with Crippen LogP contribution >= 0.6 is 11.6 Å². The number of hydrogen-bond donors (Lipinski definition) is 2. The summed E-state index contributed by atoms with van der Waals surface area (Å²) in [5.74, 6) is 0.938. The number of aromatic amines is 1. The molecule has 0 fully saturated rings. The van der Waals surface area contributed by atoms with Gasteiger partial charge < -0.3 is 10.3 Å². The molecule has 238 valence electrons. The molecule has 3 heterocycles. The number of benzene rings is 1. The van der Waals surface area contributed by atoms with Crippen molar-refractivity contribution in [2.45, 2.75) is 85.5 Å². The molecule has 1 aromatic carbocycles. The van der Waals surface area contributed by atoms with Crippen LogP contribution in [-0.4, -0.2) is 30.7 Å². The molecule has 0 aliphatic heterocycles. The fourth-order valence-corrected chi connectivity index (χ4v) is 5.68. The number of aromatic nitrogens is 4. The van der Waals surface area contributed by atoms with E-state index in [2.05, 4.69) is 58.5 Å². The lowest BCUT2D eigenvalue weighted by Crippen LogP contribution is -2.32. The van der Waals surface area contributed by atoms with E-state index in [9.17, 15) is 4.79 Å².